The van der Waals surface area contributed by atoms with Gasteiger partial charge in [0.2, 0.25) is 0 Å². The first kappa shape index (κ1) is 29.2. The highest BCUT2D eigenvalue weighted by Crippen LogP contribution is 2.36. The first-order valence-corrected chi connectivity index (χ1v) is 14.4. The number of benzene rings is 3. The fourth-order valence-corrected chi connectivity index (χ4v) is 5.99. The zero-order valence-electron chi connectivity index (χ0n) is 23.5. The van der Waals surface area contributed by atoms with Crippen molar-refractivity contribution in [2.75, 3.05) is 20.8 Å². The molecule has 0 radical (unpaired) electrons. The molecule has 0 N–H and O–H groups in total. The second-order valence-corrected chi connectivity index (χ2v) is 10.8. The Labute approximate surface area is 251 Å². The second-order valence-electron chi connectivity index (χ2n) is 9.37. The van der Waals surface area contributed by atoms with Crippen molar-refractivity contribution >= 4 is 35.0 Å². The molecule has 0 amide bonds. The second kappa shape index (κ2) is 12.7. The Balaban J connectivity index is 1.65. The fraction of sp³-hybridized carbons (Fsp3) is 0.219. The van der Waals surface area contributed by atoms with Crippen LogP contribution in [0.5, 0.6) is 17.2 Å². The smallest absolute Gasteiger partial charge is 0.338 e. The standard InChI is InChI=1S/C32H29ClN2O6S/c1-5-40-31(37)28-19(2)34-32-35(29(28)21-11-13-25(38-3)26(16-21)39-4)30(36)27(42-32)17-22-15-23(33)12-14-24(22)41-18-20-9-7-6-8-10-20/h6-17,29H,5,18H2,1-4H3/t29-/m0/s1. The zero-order chi connectivity index (χ0) is 29.8. The summed E-state index contributed by atoms with van der Waals surface area (Å²) < 4.78 is 24.4. The summed E-state index contributed by atoms with van der Waals surface area (Å²) >= 11 is 7.57. The number of carbonyl (C=O) groups excluding carboxylic acids is 1. The van der Waals surface area contributed by atoms with Crippen molar-refractivity contribution in [2.24, 2.45) is 4.99 Å². The molecule has 8 nitrogen and oxygen atoms in total. The summed E-state index contributed by atoms with van der Waals surface area (Å²) in [4.78, 5) is 32.4. The molecule has 0 spiro atoms. The van der Waals surface area contributed by atoms with Crippen molar-refractivity contribution in [3.8, 4) is 17.2 Å². The van der Waals surface area contributed by atoms with Crippen LogP contribution in [0.4, 0.5) is 0 Å². The number of aromatic nitrogens is 1. The Morgan fingerprint density at radius 1 is 1.02 bits per heavy atom. The molecule has 0 saturated carbocycles. The average molecular weight is 605 g/mol. The van der Waals surface area contributed by atoms with E-state index in [0.29, 0.717) is 55.0 Å². The van der Waals surface area contributed by atoms with Crippen LogP contribution in [0.3, 0.4) is 0 Å². The zero-order valence-corrected chi connectivity index (χ0v) is 25.1. The maximum Gasteiger partial charge on any atom is 0.338 e. The number of halogens is 1. The Morgan fingerprint density at radius 2 is 1.76 bits per heavy atom. The molecule has 5 rings (SSSR count). The Bertz CT molecular complexity index is 1840. The van der Waals surface area contributed by atoms with Crippen LogP contribution >= 0.6 is 22.9 Å². The van der Waals surface area contributed by atoms with E-state index >= 15 is 0 Å². The average Bonchev–Trinajstić information content (AvgIpc) is 3.30. The van der Waals surface area contributed by atoms with Crippen LogP contribution in [0.2, 0.25) is 5.02 Å². The summed E-state index contributed by atoms with van der Waals surface area (Å²) in [5, 5.41) is 0.504. The minimum atomic E-state index is -0.796. The van der Waals surface area contributed by atoms with Gasteiger partial charge in [-0.25, -0.2) is 9.79 Å². The largest absolute Gasteiger partial charge is 0.493 e. The third-order valence-electron chi connectivity index (χ3n) is 6.74. The van der Waals surface area contributed by atoms with Gasteiger partial charge in [0.1, 0.15) is 12.4 Å². The molecule has 2 heterocycles. The highest BCUT2D eigenvalue weighted by Gasteiger charge is 2.34. The van der Waals surface area contributed by atoms with Crippen LogP contribution < -0.4 is 29.1 Å². The number of esters is 1. The van der Waals surface area contributed by atoms with E-state index in [1.54, 1.807) is 63.4 Å². The first-order valence-electron chi connectivity index (χ1n) is 13.2. The van der Waals surface area contributed by atoms with Crippen LogP contribution in [0.25, 0.3) is 6.08 Å². The van der Waals surface area contributed by atoms with Crippen LogP contribution in [0.1, 0.15) is 36.6 Å². The van der Waals surface area contributed by atoms with Crippen molar-refractivity contribution in [3.63, 3.8) is 0 Å². The van der Waals surface area contributed by atoms with Gasteiger partial charge in [0.15, 0.2) is 16.3 Å². The highest BCUT2D eigenvalue weighted by atomic mass is 35.5. The van der Waals surface area contributed by atoms with Gasteiger partial charge in [-0.1, -0.05) is 59.3 Å². The monoisotopic (exact) mass is 604 g/mol. The van der Waals surface area contributed by atoms with Crippen molar-refractivity contribution in [1.82, 2.24) is 4.57 Å². The molecule has 42 heavy (non-hydrogen) atoms. The molecule has 0 fully saturated rings. The third kappa shape index (κ3) is 5.84. The summed E-state index contributed by atoms with van der Waals surface area (Å²) in [5.74, 6) is 1.03. The van der Waals surface area contributed by atoms with Gasteiger partial charge in [-0.3, -0.25) is 9.36 Å². The Morgan fingerprint density at radius 3 is 2.48 bits per heavy atom. The Kier molecular flexibility index (Phi) is 8.80. The van der Waals surface area contributed by atoms with Crippen molar-refractivity contribution < 1.29 is 23.7 Å². The van der Waals surface area contributed by atoms with Gasteiger partial charge in [-0.2, -0.15) is 0 Å². The summed E-state index contributed by atoms with van der Waals surface area (Å²) in [6, 6.07) is 19.6. The quantitative estimate of drug-likeness (QED) is 0.249. The van der Waals surface area contributed by atoms with Crippen molar-refractivity contribution in [1.29, 1.82) is 0 Å². The van der Waals surface area contributed by atoms with E-state index in [2.05, 4.69) is 4.99 Å². The molecule has 0 unspecified atom stereocenters. The maximum atomic E-state index is 14.1. The molecule has 0 bridgehead atoms. The molecule has 4 aromatic rings. The topological polar surface area (TPSA) is 88.4 Å². The maximum absolute atomic E-state index is 14.1. The summed E-state index contributed by atoms with van der Waals surface area (Å²) in [5.41, 5.74) is 2.73. The minimum absolute atomic E-state index is 0.180. The van der Waals surface area contributed by atoms with Gasteiger partial charge in [-0.15, -0.1) is 0 Å². The van der Waals surface area contributed by atoms with E-state index < -0.39 is 12.0 Å². The first-order chi connectivity index (χ1) is 20.3. The third-order valence-corrected chi connectivity index (χ3v) is 7.95. The molecular formula is C32H29ClN2O6S. The lowest BCUT2D eigenvalue weighted by atomic mass is 9.95. The van der Waals surface area contributed by atoms with Crippen LogP contribution in [-0.4, -0.2) is 31.4 Å². The number of ether oxygens (including phenoxy) is 4. The van der Waals surface area contributed by atoms with Crippen LogP contribution in [0, 0.1) is 0 Å². The van der Waals surface area contributed by atoms with E-state index in [1.165, 1.54) is 23.0 Å². The van der Waals surface area contributed by atoms with E-state index in [1.807, 2.05) is 30.3 Å². The highest BCUT2D eigenvalue weighted by molar-refractivity contribution is 7.07. The van der Waals surface area contributed by atoms with Crippen molar-refractivity contribution in [3.05, 3.63) is 119 Å². The van der Waals surface area contributed by atoms with E-state index in [-0.39, 0.29) is 17.7 Å². The number of nitrogens with zero attached hydrogens (tertiary/aromatic N) is 2. The van der Waals surface area contributed by atoms with E-state index in [4.69, 9.17) is 30.5 Å². The predicted octanol–water partition coefficient (Wildman–Crippen LogP) is 5.05. The molecule has 1 aliphatic heterocycles. The van der Waals surface area contributed by atoms with Gasteiger partial charge in [-0.05, 0) is 61.4 Å². The van der Waals surface area contributed by atoms with Crippen LogP contribution in [0.15, 0.2) is 87.8 Å². The number of hydrogen-bond acceptors (Lipinski definition) is 8. The minimum Gasteiger partial charge on any atom is -0.493 e. The SMILES string of the molecule is CCOC(=O)C1=C(C)N=c2sc(=Cc3cc(Cl)ccc3OCc3ccccc3)c(=O)n2[C@H]1c1ccc(OC)c(OC)c1. The number of hydrogen-bond donors (Lipinski definition) is 0. The van der Waals surface area contributed by atoms with Gasteiger partial charge >= 0.3 is 5.97 Å². The number of rotatable bonds is 9. The van der Waals surface area contributed by atoms with Gasteiger partial charge in [0.25, 0.3) is 5.56 Å². The Hall–Kier alpha value is -4.34. The van der Waals surface area contributed by atoms with Crippen molar-refractivity contribution in [2.45, 2.75) is 26.5 Å². The van der Waals surface area contributed by atoms with E-state index in [9.17, 15) is 9.59 Å². The lowest BCUT2D eigenvalue weighted by Gasteiger charge is -2.25. The lowest BCUT2D eigenvalue weighted by Crippen LogP contribution is -2.40. The van der Waals surface area contributed by atoms with Gasteiger partial charge < -0.3 is 18.9 Å². The molecule has 0 saturated heterocycles. The number of methoxy groups -OCH3 is 2. The molecule has 1 atom stereocenters. The molecule has 3 aromatic carbocycles. The number of fused-ring (bicyclic) bond motifs is 1. The number of thiazole rings is 1. The summed E-state index contributed by atoms with van der Waals surface area (Å²) in [6.45, 7) is 4.01. The summed E-state index contributed by atoms with van der Waals surface area (Å²) in [7, 11) is 3.07. The molecule has 1 aromatic heterocycles. The molecule has 216 valence electrons. The molecular weight excluding hydrogens is 576 g/mol. The number of allylic oxidation sites excluding steroid dienone is 1. The molecule has 1 aliphatic rings. The summed E-state index contributed by atoms with van der Waals surface area (Å²) in [6.07, 6.45) is 1.74. The normalized spacial score (nSPS) is 14.7. The number of carbonyl (C=O) groups is 1. The molecule has 0 aliphatic carbocycles. The van der Waals surface area contributed by atoms with E-state index in [0.717, 1.165) is 5.56 Å². The lowest BCUT2D eigenvalue weighted by molar-refractivity contribution is -0.139. The predicted molar refractivity (Wildman–Crippen MR) is 162 cm³/mol. The fourth-order valence-electron chi connectivity index (χ4n) is 4.77. The van der Waals surface area contributed by atoms with Crippen LogP contribution in [-0.2, 0) is 16.1 Å². The van der Waals surface area contributed by atoms with Gasteiger partial charge in [0, 0.05) is 10.6 Å². The molecule has 10 heteroatoms. The van der Waals surface area contributed by atoms with Gasteiger partial charge in [0.05, 0.1) is 42.7 Å².